The van der Waals surface area contributed by atoms with Crippen molar-refractivity contribution in [1.29, 1.82) is 0 Å². The summed E-state index contributed by atoms with van der Waals surface area (Å²) in [5, 5.41) is 2.82. The standard InChI is InChI=1S/C16H20ClN3O3S/c1-4-20(5-2)24(22,23)15-11-12(8-9-13(15)17)18-16(21)14-7-6-10-19(14)3/h6-11H,4-5H2,1-3H3,(H,18,21). The first-order chi connectivity index (χ1) is 11.3. The number of anilines is 1. The zero-order chi connectivity index (χ0) is 17.9. The minimum atomic E-state index is -3.71. The van der Waals surface area contributed by atoms with Crippen LogP contribution in [0.15, 0.2) is 41.4 Å². The molecule has 0 aliphatic carbocycles. The van der Waals surface area contributed by atoms with Crippen LogP contribution in [0.5, 0.6) is 0 Å². The molecule has 0 fully saturated rings. The Labute approximate surface area is 147 Å². The fourth-order valence-corrected chi connectivity index (χ4v) is 4.33. The Morgan fingerprint density at radius 3 is 2.46 bits per heavy atom. The normalized spacial score (nSPS) is 11.7. The first-order valence-corrected chi connectivity index (χ1v) is 9.35. The van der Waals surface area contributed by atoms with Crippen LogP contribution in [0.2, 0.25) is 5.02 Å². The quantitative estimate of drug-likeness (QED) is 0.850. The van der Waals surface area contributed by atoms with Crippen LogP contribution in [0.1, 0.15) is 24.3 Å². The summed E-state index contributed by atoms with van der Waals surface area (Å²) in [5.41, 5.74) is 0.842. The molecule has 1 aromatic carbocycles. The van der Waals surface area contributed by atoms with Crippen LogP contribution < -0.4 is 5.32 Å². The molecule has 1 aromatic heterocycles. The third kappa shape index (κ3) is 3.63. The van der Waals surface area contributed by atoms with E-state index in [-0.39, 0.29) is 15.8 Å². The summed E-state index contributed by atoms with van der Waals surface area (Å²) in [6, 6.07) is 7.87. The maximum atomic E-state index is 12.7. The molecule has 2 aromatic rings. The van der Waals surface area contributed by atoms with E-state index in [1.165, 1.54) is 16.4 Å². The second-order valence-corrected chi connectivity index (χ2v) is 7.51. The molecule has 1 N–H and O–H groups in total. The van der Waals surface area contributed by atoms with E-state index in [4.69, 9.17) is 11.6 Å². The molecule has 24 heavy (non-hydrogen) atoms. The molecule has 0 spiro atoms. The van der Waals surface area contributed by atoms with E-state index in [0.29, 0.717) is 24.5 Å². The Hall–Kier alpha value is -1.83. The minimum absolute atomic E-state index is 0.0162. The average molecular weight is 370 g/mol. The number of aryl methyl sites for hydroxylation is 1. The van der Waals surface area contributed by atoms with Crippen molar-refractivity contribution in [2.75, 3.05) is 18.4 Å². The lowest BCUT2D eigenvalue weighted by molar-refractivity contribution is 0.101. The summed E-state index contributed by atoms with van der Waals surface area (Å²) >= 11 is 6.08. The monoisotopic (exact) mass is 369 g/mol. The van der Waals surface area contributed by atoms with Crippen LogP contribution >= 0.6 is 11.6 Å². The van der Waals surface area contributed by atoms with Crippen LogP contribution in [0.3, 0.4) is 0 Å². The first kappa shape index (κ1) is 18.5. The second kappa shape index (κ2) is 7.38. The number of carbonyl (C=O) groups excluding carboxylic acids is 1. The van der Waals surface area contributed by atoms with Gasteiger partial charge in [-0.25, -0.2) is 8.42 Å². The van der Waals surface area contributed by atoms with Crippen molar-refractivity contribution in [3.05, 3.63) is 47.2 Å². The average Bonchev–Trinajstić information content (AvgIpc) is 2.96. The fourth-order valence-electron chi connectivity index (χ4n) is 2.37. The van der Waals surface area contributed by atoms with Gasteiger partial charge in [0.2, 0.25) is 10.0 Å². The zero-order valence-electron chi connectivity index (χ0n) is 13.8. The summed E-state index contributed by atoms with van der Waals surface area (Å²) < 4.78 is 28.3. The predicted molar refractivity (Wildman–Crippen MR) is 94.9 cm³/mol. The molecule has 0 aliphatic rings. The summed E-state index contributed by atoms with van der Waals surface area (Å²) in [6.07, 6.45) is 1.76. The molecule has 1 amide bonds. The number of halogens is 1. The van der Waals surface area contributed by atoms with Crippen LogP contribution in [-0.4, -0.2) is 36.3 Å². The Kier molecular flexibility index (Phi) is 5.69. The number of amides is 1. The maximum absolute atomic E-state index is 12.7. The molecule has 8 heteroatoms. The van der Waals surface area contributed by atoms with Gasteiger partial charge in [0.25, 0.3) is 5.91 Å². The number of aromatic nitrogens is 1. The number of carbonyl (C=O) groups is 1. The molecule has 1 heterocycles. The number of sulfonamides is 1. The van der Waals surface area contributed by atoms with Crippen molar-refractivity contribution in [2.24, 2.45) is 7.05 Å². The van der Waals surface area contributed by atoms with Gasteiger partial charge in [0, 0.05) is 32.0 Å². The summed E-state index contributed by atoms with van der Waals surface area (Å²) in [5.74, 6) is -0.323. The number of nitrogens with one attached hydrogen (secondary N) is 1. The van der Waals surface area contributed by atoms with E-state index in [0.717, 1.165) is 0 Å². The van der Waals surface area contributed by atoms with Crippen LogP contribution in [0, 0.1) is 0 Å². The summed E-state index contributed by atoms with van der Waals surface area (Å²) in [7, 11) is -1.95. The van der Waals surface area contributed by atoms with Crippen molar-refractivity contribution in [2.45, 2.75) is 18.7 Å². The zero-order valence-corrected chi connectivity index (χ0v) is 15.4. The molecule has 2 rings (SSSR count). The second-order valence-electron chi connectivity index (χ2n) is 5.19. The SMILES string of the molecule is CCN(CC)S(=O)(=O)c1cc(NC(=O)c2cccn2C)ccc1Cl. The van der Waals surface area contributed by atoms with E-state index < -0.39 is 10.0 Å². The van der Waals surface area contributed by atoms with Gasteiger partial charge in [0.05, 0.1) is 5.02 Å². The van der Waals surface area contributed by atoms with Crippen molar-refractivity contribution >= 4 is 33.2 Å². The highest BCUT2D eigenvalue weighted by molar-refractivity contribution is 7.89. The van der Waals surface area contributed by atoms with E-state index in [2.05, 4.69) is 5.32 Å². The highest BCUT2D eigenvalue weighted by atomic mass is 35.5. The number of hydrogen-bond acceptors (Lipinski definition) is 3. The molecule has 130 valence electrons. The Morgan fingerprint density at radius 1 is 1.25 bits per heavy atom. The van der Waals surface area contributed by atoms with Gasteiger partial charge in [-0.2, -0.15) is 4.31 Å². The fraction of sp³-hybridized carbons (Fsp3) is 0.312. The highest BCUT2D eigenvalue weighted by Crippen LogP contribution is 2.28. The summed E-state index contributed by atoms with van der Waals surface area (Å²) in [6.45, 7) is 4.20. The molecular formula is C16H20ClN3O3S. The number of nitrogens with zero attached hydrogens (tertiary/aromatic N) is 2. The Bertz CT molecular complexity index is 842. The van der Waals surface area contributed by atoms with Crippen LogP contribution in [-0.2, 0) is 17.1 Å². The van der Waals surface area contributed by atoms with E-state index in [1.54, 1.807) is 49.9 Å². The molecule has 0 atom stereocenters. The molecule has 0 radical (unpaired) electrons. The lowest BCUT2D eigenvalue weighted by Gasteiger charge is -2.19. The maximum Gasteiger partial charge on any atom is 0.272 e. The van der Waals surface area contributed by atoms with Crippen molar-refractivity contribution in [1.82, 2.24) is 8.87 Å². The Balaban J connectivity index is 2.36. The molecule has 0 saturated carbocycles. The van der Waals surface area contributed by atoms with Crippen molar-refractivity contribution in [3.63, 3.8) is 0 Å². The number of benzene rings is 1. The smallest absolute Gasteiger partial charge is 0.272 e. The summed E-state index contributed by atoms with van der Waals surface area (Å²) in [4.78, 5) is 12.2. The van der Waals surface area contributed by atoms with Crippen molar-refractivity contribution < 1.29 is 13.2 Å². The van der Waals surface area contributed by atoms with Gasteiger partial charge < -0.3 is 9.88 Å². The molecular weight excluding hydrogens is 350 g/mol. The lowest BCUT2D eigenvalue weighted by atomic mass is 10.3. The van der Waals surface area contributed by atoms with Crippen molar-refractivity contribution in [3.8, 4) is 0 Å². The third-order valence-electron chi connectivity index (χ3n) is 3.69. The minimum Gasteiger partial charge on any atom is -0.347 e. The van der Waals surface area contributed by atoms with Gasteiger partial charge in [-0.05, 0) is 30.3 Å². The van der Waals surface area contributed by atoms with Crippen LogP contribution in [0.4, 0.5) is 5.69 Å². The topological polar surface area (TPSA) is 71.4 Å². The van der Waals surface area contributed by atoms with Gasteiger partial charge in [-0.3, -0.25) is 4.79 Å². The number of rotatable bonds is 6. The molecule has 6 nitrogen and oxygen atoms in total. The predicted octanol–water partition coefficient (Wildman–Crippen LogP) is 2.96. The van der Waals surface area contributed by atoms with E-state index in [9.17, 15) is 13.2 Å². The van der Waals surface area contributed by atoms with Gasteiger partial charge >= 0.3 is 0 Å². The van der Waals surface area contributed by atoms with E-state index >= 15 is 0 Å². The Morgan fingerprint density at radius 2 is 1.92 bits per heavy atom. The lowest BCUT2D eigenvalue weighted by Crippen LogP contribution is -2.30. The van der Waals surface area contributed by atoms with Gasteiger partial charge in [-0.1, -0.05) is 25.4 Å². The van der Waals surface area contributed by atoms with Gasteiger partial charge in [0.15, 0.2) is 0 Å². The molecule has 0 bridgehead atoms. The molecule has 0 aliphatic heterocycles. The largest absolute Gasteiger partial charge is 0.347 e. The highest BCUT2D eigenvalue weighted by Gasteiger charge is 2.25. The molecule has 0 saturated heterocycles. The number of hydrogen-bond donors (Lipinski definition) is 1. The third-order valence-corrected chi connectivity index (χ3v) is 6.22. The van der Waals surface area contributed by atoms with Crippen LogP contribution in [0.25, 0.3) is 0 Å². The first-order valence-electron chi connectivity index (χ1n) is 7.53. The van der Waals surface area contributed by atoms with E-state index in [1.807, 2.05) is 0 Å². The molecule has 0 unspecified atom stereocenters. The van der Waals surface area contributed by atoms with Gasteiger partial charge in [0.1, 0.15) is 10.6 Å². The van der Waals surface area contributed by atoms with Gasteiger partial charge in [-0.15, -0.1) is 0 Å².